The molecule has 3 aromatic rings. The monoisotopic (exact) mass is 310 g/mol. The van der Waals surface area contributed by atoms with Crippen molar-refractivity contribution in [3.8, 4) is 0 Å². The molecule has 0 radical (unpaired) electrons. The maximum atomic E-state index is 12.5. The van der Waals surface area contributed by atoms with Gasteiger partial charge in [0, 0.05) is 0 Å². The van der Waals surface area contributed by atoms with Gasteiger partial charge in [0.25, 0.3) is 5.91 Å². The molecule has 5 nitrogen and oxygen atoms in total. The third-order valence-corrected chi connectivity index (χ3v) is 3.85. The zero-order valence-electron chi connectivity index (χ0n) is 11.6. The lowest BCUT2D eigenvalue weighted by Crippen LogP contribution is -2.12. The van der Waals surface area contributed by atoms with Crippen LogP contribution < -0.4 is 10.6 Å². The number of halogens is 1. The van der Waals surface area contributed by atoms with Crippen LogP contribution in [0.15, 0.2) is 36.4 Å². The van der Waals surface area contributed by atoms with Gasteiger partial charge >= 0.3 is 0 Å². The second kappa shape index (κ2) is 4.68. The van der Waals surface area contributed by atoms with E-state index in [0.717, 1.165) is 10.8 Å². The number of hydrogen-bond donors (Lipinski definition) is 2. The fourth-order valence-corrected chi connectivity index (χ4v) is 2.83. The summed E-state index contributed by atoms with van der Waals surface area (Å²) >= 11 is 5.92. The second-order valence-electron chi connectivity index (χ2n) is 5.13. The molecule has 0 fully saturated rings. The van der Waals surface area contributed by atoms with Crippen molar-refractivity contribution >= 4 is 45.5 Å². The Bertz CT molecular complexity index is 939. The lowest BCUT2D eigenvalue weighted by molar-refractivity contribution is 0.102. The molecule has 6 heteroatoms. The zero-order chi connectivity index (χ0) is 15.3. The molecular formula is C16H11ClN4O. The average Bonchev–Trinajstić information content (AvgIpc) is 2.62. The molecular weight excluding hydrogens is 300 g/mol. The number of anilines is 3. The Morgan fingerprint density at radius 3 is 2.55 bits per heavy atom. The third-order valence-electron chi connectivity index (χ3n) is 3.68. The van der Waals surface area contributed by atoms with E-state index in [4.69, 9.17) is 11.6 Å². The summed E-state index contributed by atoms with van der Waals surface area (Å²) < 4.78 is 0. The standard InChI is InChI=1S/C16H11ClN4O/c1-8-13-14(21-16(17)18-8)19-12-7-10-5-3-2-4-9(10)6-11(12)15(22)20-13/h2-7H,1H3,(H,20,22)(H,18,19,21). The van der Waals surface area contributed by atoms with Gasteiger partial charge in [-0.3, -0.25) is 4.79 Å². The average molecular weight is 311 g/mol. The normalized spacial score (nSPS) is 12.9. The van der Waals surface area contributed by atoms with E-state index >= 15 is 0 Å². The van der Waals surface area contributed by atoms with Gasteiger partial charge < -0.3 is 10.6 Å². The Morgan fingerprint density at radius 1 is 1.05 bits per heavy atom. The van der Waals surface area contributed by atoms with Gasteiger partial charge in [-0.15, -0.1) is 0 Å². The number of hydrogen-bond acceptors (Lipinski definition) is 4. The van der Waals surface area contributed by atoms with Gasteiger partial charge in [0.1, 0.15) is 5.69 Å². The smallest absolute Gasteiger partial charge is 0.257 e. The molecule has 0 atom stereocenters. The van der Waals surface area contributed by atoms with E-state index in [2.05, 4.69) is 20.6 Å². The molecule has 0 spiro atoms. The van der Waals surface area contributed by atoms with Crippen LogP contribution in [0.1, 0.15) is 16.1 Å². The summed E-state index contributed by atoms with van der Waals surface area (Å²) in [6, 6.07) is 11.7. The SMILES string of the molecule is Cc1nc(Cl)nc2c1NC(=O)c1cc3ccccc3cc1N2. The van der Waals surface area contributed by atoms with Crippen LogP contribution in [0.2, 0.25) is 5.28 Å². The maximum absolute atomic E-state index is 12.5. The molecule has 22 heavy (non-hydrogen) atoms. The molecule has 0 saturated heterocycles. The van der Waals surface area contributed by atoms with Gasteiger partial charge in [0.15, 0.2) is 5.82 Å². The highest BCUT2D eigenvalue weighted by atomic mass is 35.5. The molecule has 0 saturated carbocycles. The minimum Gasteiger partial charge on any atom is -0.338 e. The minimum absolute atomic E-state index is 0.141. The van der Waals surface area contributed by atoms with Crippen LogP contribution >= 0.6 is 11.6 Å². The number of fused-ring (bicyclic) bond motifs is 3. The molecule has 1 aliphatic heterocycles. The van der Waals surface area contributed by atoms with E-state index in [1.165, 1.54) is 0 Å². The number of carbonyl (C=O) groups excluding carboxylic acids is 1. The van der Waals surface area contributed by atoms with E-state index in [9.17, 15) is 4.79 Å². The number of aromatic nitrogens is 2. The van der Waals surface area contributed by atoms with E-state index in [0.29, 0.717) is 28.5 Å². The molecule has 1 amide bonds. The van der Waals surface area contributed by atoms with Gasteiger partial charge in [-0.1, -0.05) is 24.3 Å². The summed E-state index contributed by atoms with van der Waals surface area (Å²) in [5, 5.41) is 8.23. The van der Waals surface area contributed by atoms with Crippen molar-refractivity contribution in [1.29, 1.82) is 0 Å². The van der Waals surface area contributed by atoms with Gasteiger partial charge in [0.05, 0.1) is 16.9 Å². The van der Waals surface area contributed by atoms with Crippen molar-refractivity contribution in [3.63, 3.8) is 0 Å². The number of rotatable bonds is 0. The minimum atomic E-state index is -0.193. The molecule has 2 N–H and O–H groups in total. The molecule has 108 valence electrons. The van der Waals surface area contributed by atoms with Crippen LogP contribution in [0.3, 0.4) is 0 Å². The molecule has 2 aromatic carbocycles. The Morgan fingerprint density at radius 2 is 1.77 bits per heavy atom. The van der Waals surface area contributed by atoms with Crippen molar-refractivity contribution in [2.75, 3.05) is 10.6 Å². The van der Waals surface area contributed by atoms with Crippen LogP contribution in [0, 0.1) is 6.92 Å². The number of amides is 1. The number of benzene rings is 2. The van der Waals surface area contributed by atoms with E-state index in [-0.39, 0.29) is 11.2 Å². The first-order valence-corrected chi connectivity index (χ1v) is 7.15. The summed E-state index contributed by atoms with van der Waals surface area (Å²) in [6.07, 6.45) is 0. The Labute approximate surface area is 131 Å². The second-order valence-corrected chi connectivity index (χ2v) is 5.46. The van der Waals surface area contributed by atoms with Crippen molar-refractivity contribution in [2.45, 2.75) is 6.92 Å². The van der Waals surface area contributed by atoms with Crippen LogP contribution in [0.25, 0.3) is 10.8 Å². The predicted octanol–water partition coefficient (Wildman–Crippen LogP) is 3.90. The largest absolute Gasteiger partial charge is 0.338 e. The number of aryl methyl sites for hydroxylation is 1. The van der Waals surface area contributed by atoms with Gasteiger partial charge in [0.2, 0.25) is 5.28 Å². The Kier molecular flexibility index (Phi) is 2.77. The van der Waals surface area contributed by atoms with Crippen LogP contribution in [-0.2, 0) is 0 Å². The molecule has 4 rings (SSSR count). The first-order chi connectivity index (χ1) is 10.6. The number of nitrogens with zero attached hydrogens (tertiary/aromatic N) is 2. The lowest BCUT2D eigenvalue weighted by Gasteiger charge is -2.10. The van der Waals surface area contributed by atoms with Crippen LogP contribution in [0.4, 0.5) is 17.2 Å². The first kappa shape index (κ1) is 13.0. The summed E-state index contributed by atoms with van der Waals surface area (Å²) in [6.45, 7) is 1.78. The fourth-order valence-electron chi connectivity index (χ4n) is 2.62. The molecule has 0 bridgehead atoms. The highest BCUT2D eigenvalue weighted by Gasteiger charge is 2.22. The molecule has 0 unspecified atom stereocenters. The number of carbonyl (C=O) groups is 1. The van der Waals surface area contributed by atoms with Crippen LogP contribution in [0.5, 0.6) is 0 Å². The summed E-state index contributed by atoms with van der Waals surface area (Å²) in [5.74, 6) is 0.306. The molecule has 1 aromatic heterocycles. The highest BCUT2D eigenvalue weighted by Crippen LogP contribution is 2.34. The Balaban J connectivity index is 1.97. The summed E-state index contributed by atoms with van der Waals surface area (Å²) in [5.41, 5.74) is 2.43. The maximum Gasteiger partial charge on any atom is 0.257 e. The van der Waals surface area contributed by atoms with E-state index in [1.54, 1.807) is 6.92 Å². The Hall–Kier alpha value is -2.66. The van der Waals surface area contributed by atoms with E-state index in [1.807, 2.05) is 36.4 Å². The van der Waals surface area contributed by atoms with Crippen molar-refractivity contribution < 1.29 is 4.79 Å². The topological polar surface area (TPSA) is 66.9 Å². The fraction of sp³-hybridized carbons (Fsp3) is 0.0625. The van der Waals surface area contributed by atoms with E-state index < -0.39 is 0 Å². The van der Waals surface area contributed by atoms with Gasteiger partial charge in [-0.2, -0.15) is 4.98 Å². The van der Waals surface area contributed by atoms with Crippen LogP contribution in [-0.4, -0.2) is 15.9 Å². The zero-order valence-corrected chi connectivity index (χ0v) is 12.4. The summed E-state index contributed by atoms with van der Waals surface area (Å²) in [4.78, 5) is 20.8. The van der Waals surface area contributed by atoms with Gasteiger partial charge in [-0.25, -0.2) is 4.98 Å². The van der Waals surface area contributed by atoms with Crippen molar-refractivity contribution in [1.82, 2.24) is 9.97 Å². The van der Waals surface area contributed by atoms with Gasteiger partial charge in [-0.05, 0) is 41.4 Å². The molecule has 0 aliphatic carbocycles. The quantitative estimate of drug-likeness (QED) is 0.618. The first-order valence-electron chi connectivity index (χ1n) is 6.77. The molecule has 2 heterocycles. The number of nitrogens with one attached hydrogen (secondary N) is 2. The lowest BCUT2D eigenvalue weighted by atomic mass is 10.0. The summed E-state index contributed by atoms with van der Waals surface area (Å²) in [7, 11) is 0. The molecule has 1 aliphatic rings. The highest BCUT2D eigenvalue weighted by molar-refractivity contribution is 6.28. The van der Waals surface area contributed by atoms with Crippen molar-refractivity contribution in [2.24, 2.45) is 0 Å². The predicted molar refractivity (Wildman–Crippen MR) is 87.0 cm³/mol. The third kappa shape index (κ3) is 1.98. The van der Waals surface area contributed by atoms with Crippen molar-refractivity contribution in [3.05, 3.63) is 52.9 Å².